The molecule has 0 spiro atoms. The number of pyridine rings is 1. The second-order valence-electron chi connectivity index (χ2n) is 6.11. The van der Waals surface area contributed by atoms with E-state index in [0.29, 0.717) is 12.2 Å². The van der Waals surface area contributed by atoms with Gasteiger partial charge in [-0.15, -0.1) is 0 Å². The number of hydrogen-bond donors (Lipinski definition) is 2. The summed E-state index contributed by atoms with van der Waals surface area (Å²) in [5.41, 5.74) is 15.3. The molecule has 23 heavy (non-hydrogen) atoms. The predicted octanol–water partition coefficient (Wildman–Crippen LogP) is 2.63. The number of hydrogen-bond acceptors (Lipinski definition) is 4. The van der Waals surface area contributed by atoms with Gasteiger partial charge in [-0.1, -0.05) is 13.3 Å². The van der Waals surface area contributed by atoms with Gasteiger partial charge < -0.3 is 16.0 Å². The van der Waals surface area contributed by atoms with Gasteiger partial charge in [0, 0.05) is 25.1 Å². The average molecular weight is 317 g/mol. The number of primary amides is 1. The SMILES string of the molecule is CCCc1nc2c(N)nc(C)c(C)c2n1CCCCCC(N)=O. The fourth-order valence-electron chi connectivity index (χ4n) is 2.95. The van der Waals surface area contributed by atoms with Crippen molar-refractivity contribution in [1.82, 2.24) is 14.5 Å². The number of anilines is 1. The molecule has 6 nitrogen and oxygen atoms in total. The summed E-state index contributed by atoms with van der Waals surface area (Å²) in [4.78, 5) is 19.9. The van der Waals surface area contributed by atoms with Crippen LogP contribution in [0.25, 0.3) is 11.0 Å². The van der Waals surface area contributed by atoms with Gasteiger partial charge in [0.15, 0.2) is 5.82 Å². The van der Waals surface area contributed by atoms with E-state index in [2.05, 4.69) is 23.4 Å². The fourth-order valence-corrected chi connectivity index (χ4v) is 2.95. The molecule has 2 heterocycles. The summed E-state index contributed by atoms with van der Waals surface area (Å²) < 4.78 is 2.28. The number of carbonyl (C=O) groups is 1. The largest absolute Gasteiger partial charge is 0.382 e. The second-order valence-corrected chi connectivity index (χ2v) is 6.11. The van der Waals surface area contributed by atoms with Crippen LogP contribution in [0.3, 0.4) is 0 Å². The van der Waals surface area contributed by atoms with Crippen molar-refractivity contribution in [2.24, 2.45) is 5.73 Å². The van der Waals surface area contributed by atoms with Crippen LogP contribution >= 0.6 is 0 Å². The number of carbonyl (C=O) groups excluding carboxylic acids is 1. The first kappa shape index (κ1) is 17.2. The molecule has 1 amide bonds. The lowest BCUT2D eigenvalue weighted by Crippen LogP contribution is -2.10. The molecule has 0 atom stereocenters. The molecule has 0 radical (unpaired) electrons. The van der Waals surface area contributed by atoms with Crippen molar-refractivity contribution >= 4 is 22.8 Å². The van der Waals surface area contributed by atoms with Gasteiger partial charge in [-0.05, 0) is 38.7 Å². The molecule has 0 aromatic carbocycles. The number of rotatable bonds is 8. The maximum absolute atomic E-state index is 10.8. The summed E-state index contributed by atoms with van der Waals surface area (Å²) >= 11 is 0. The number of nitrogens with zero attached hydrogens (tertiary/aromatic N) is 3. The lowest BCUT2D eigenvalue weighted by Gasteiger charge is -2.11. The number of aryl methyl sites for hydroxylation is 4. The van der Waals surface area contributed by atoms with E-state index in [9.17, 15) is 4.79 Å². The molecule has 0 aliphatic heterocycles. The minimum Gasteiger partial charge on any atom is -0.382 e. The van der Waals surface area contributed by atoms with Crippen LogP contribution in [0.4, 0.5) is 5.82 Å². The fraction of sp³-hybridized carbons (Fsp3) is 0.588. The number of unbranched alkanes of at least 4 members (excludes halogenated alkanes) is 2. The molecule has 4 N–H and O–H groups in total. The first-order chi connectivity index (χ1) is 11.0. The number of amides is 1. The predicted molar refractivity (Wildman–Crippen MR) is 93.1 cm³/mol. The third kappa shape index (κ3) is 3.81. The molecule has 0 bridgehead atoms. The summed E-state index contributed by atoms with van der Waals surface area (Å²) in [6.07, 6.45) is 5.24. The van der Waals surface area contributed by atoms with Crippen LogP contribution in [-0.2, 0) is 17.8 Å². The van der Waals surface area contributed by atoms with Gasteiger partial charge in [0.1, 0.15) is 11.3 Å². The highest BCUT2D eigenvalue weighted by molar-refractivity contribution is 5.88. The van der Waals surface area contributed by atoms with Gasteiger partial charge >= 0.3 is 0 Å². The summed E-state index contributed by atoms with van der Waals surface area (Å²) in [7, 11) is 0. The molecule has 6 heteroatoms. The number of nitrogens with two attached hydrogens (primary N) is 2. The average Bonchev–Trinajstić information content (AvgIpc) is 2.84. The van der Waals surface area contributed by atoms with E-state index in [1.165, 1.54) is 0 Å². The molecule has 0 unspecified atom stereocenters. The van der Waals surface area contributed by atoms with E-state index in [1.54, 1.807) is 0 Å². The molecule has 0 aliphatic rings. The second kappa shape index (κ2) is 7.44. The summed E-state index contributed by atoms with van der Waals surface area (Å²) in [6.45, 7) is 7.09. The van der Waals surface area contributed by atoms with Gasteiger partial charge in [-0.25, -0.2) is 9.97 Å². The van der Waals surface area contributed by atoms with Crippen molar-refractivity contribution in [2.45, 2.75) is 65.8 Å². The molecule has 0 saturated heterocycles. The lowest BCUT2D eigenvalue weighted by atomic mass is 10.1. The lowest BCUT2D eigenvalue weighted by molar-refractivity contribution is -0.118. The van der Waals surface area contributed by atoms with E-state index in [-0.39, 0.29) is 5.91 Å². The van der Waals surface area contributed by atoms with Crippen LogP contribution in [0, 0.1) is 13.8 Å². The molecule has 0 saturated carbocycles. The molecule has 2 aromatic heterocycles. The molecule has 0 aliphatic carbocycles. The highest BCUT2D eigenvalue weighted by Crippen LogP contribution is 2.27. The minimum absolute atomic E-state index is 0.227. The number of aromatic nitrogens is 3. The van der Waals surface area contributed by atoms with Crippen LogP contribution in [0.1, 0.15) is 56.1 Å². The zero-order valence-corrected chi connectivity index (χ0v) is 14.4. The van der Waals surface area contributed by atoms with E-state index in [1.807, 2.05) is 6.92 Å². The van der Waals surface area contributed by atoms with Crippen molar-refractivity contribution in [3.8, 4) is 0 Å². The Kier molecular flexibility index (Phi) is 5.58. The Labute approximate surface area is 137 Å². The van der Waals surface area contributed by atoms with E-state index < -0.39 is 0 Å². The maximum Gasteiger partial charge on any atom is 0.217 e. The quantitative estimate of drug-likeness (QED) is 0.731. The first-order valence-electron chi connectivity index (χ1n) is 8.35. The topological polar surface area (TPSA) is 99.8 Å². The minimum atomic E-state index is -0.227. The van der Waals surface area contributed by atoms with Gasteiger partial charge in [0.2, 0.25) is 5.91 Å². The molecule has 2 rings (SSSR count). The smallest absolute Gasteiger partial charge is 0.217 e. The Morgan fingerprint density at radius 3 is 2.57 bits per heavy atom. The zero-order chi connectivity index (χ0) is 17.0. The molecular formula is C17H27N5O. The summed E-state index contributed by atoms with van der Waals surface area (Å²) in [6, 6.07) is 0. The molecule has 2 aromatic rings. The van der Waals surface area contributed by atoms with Crippen molar-refractivity contribution in [2.75, 3.05) is 5.73 Å². The van der Waals surface area contributed by atoms with Crippen LogP contribution in [0.15, 0.2) is 0 Å². The first-order valence-corrected chi connectivity index (χ1v) is 8.35. The Bertz CT molecular complexity index is 705. The molecule has 126 valence electrons. The number of fused-ring (bicyclic) bond motifs is 1. The van der Waals surface area contributed by atoms with Crippen molar-refractivity contribution in [3.05, 3.63) is 17.1 Å². The van der Waals surface area contributed by atoms with Crippen molar-refractivity contribution < 1.29 is 4.79 Å². The Morgan fingerprint density at radius 1 is 1.17 bits per heavy atom. The monoisotopic (exact) mass is 317 g/mol. The normalized spacial score (nSPS) is 11.3. The van der Waals surface area contributed by atoms with Crippen LogP contribution < -0.4 is 11.5 Å². The van der Waals surface area contributed by atoms with Crippen LogP contribution in [0.2, 0.25) is 0 Å². The van der Waals surface area contributed by atoms with Gasteiger partial charge in [0.05, 0.1) is 5.52 Å². The van der Waals surface area contributed by atoms with E-state index in [4.69, 9.17) is 16.5 Å². The van der Waals surface area contributed by atoms with Gasteiger partial charge in [-0.3, -0.25) is 4.79 Å². The molecular weight excluding hydrogens is 290 g/mol. The number of nitrogen functional groups attached to an aromatic ring is 1. The number of imidazole rings is 1. The van der Waals surface area contributed by atoms with Gasteiger partial charge in [0.25, 0.3) is 0 Å². The van der Waals surface area contributed by atoms with Crippen molar-refractivity contribution in [3.63, 3.8) is 0 Å². The van der Waals surface area contributed by atoms with Crippen LogP contribution in [-0.4, -0.2) is 20.4 Å². The van der Waals surface area contributed by atoms with Crippen LogP contribution in [0.5, 0.6) is 0 Å². The Balaban J connectivity index is 2.28. The standard InChI is InChI=1S/C17H27N5O/c1-4-8-14-21-15-16(11(2)12(3)20-17(15)19)22(14)10-7-5-6-9-13(18)23/h4-10H2,1-3H3,(H2,18,23)(H2,19,20). The zero-order valence-electron chi connectivity index (χ0n) is 14.4. The Hall–Kier alpha value is -2.11. The third-order valence-electron chi connectivity index (χ3n) is 4.25. The highest BCUT2D eigenvalue weighted by Gasteiger charge is 2.16. The molecule has 0 fully saturated rings. The van der Waals surface area contributed by atoms with E-state index >= 15 is 0 Å². The van der Waals surface area contributed by atoms with Gasteiger partial charge in [-0.2, -0.15) is 0 Å². The summed E-state index contributed by atoms with van der Waals surface area (Å²) in [5.74, 6) is 1.35. The van der Waals surface area contributed by atoms with E-state index in [0.717, 1.165) is 66.8 Å². The summed E-state index contributed by atoms with van der Waals surface area (Å²) in [5, 5.41) is 0. The van der Waals surface area contributed by atoms with Crippen molar-refractivity contribution in [1.29, 1.82) is 0 Å². The maximum atomic E-state index is 10.8. The highest BCUT2D eigenvalue weighted by atomic mass is 16.1. The third-order valence-corrected chi connectivity index (χ3v) is 4.25. The Morgan fingerprint density at radius 2 is 1.91 bits per heavy atom.